The fourth-order valence-corrected chi connectivity index (χ4v) is 2.50. The molecule has 0 aliphatic rings. The van der Waals surface area contributed by atoms with Gasteiger partial charge in [-0.3, -0.25) is 14.4 Å². The summed E-state index contributed by atoms with van der Waals surface area (Å²) in [7, 11) is 0. The summed E-state index contributed by atoms with van der Waals surface area (Å²) in [6, 6.07) is 9.73. The van der Waals surface area contributed by atoms with E-state index >= 15 is 0 Å². The molecule has 0 aromatic heterocycles. The van der Waals surface area contributed by atoms with E-state index in [1.807, 2.05) is 0 Å². The van der Waals surface area contributed by atoms with Gasteiger partial charge in [0.2, 0.25) is 0 Å². The van der Waals surface area contributed by atoms with Gasteiger partial charge >= 0.3 is 5.97 Å². The minimum absolute atomic E-state index is 0.109. The lowest BCUT2D eigenvalue weighted by Crippen LogP contribution is -2.21. The van der Waals surface area contributed by atoms with E-state index in [1.54, 1.807) is 18.2 Å². The van der Waals surface area contributed by atoms with Crippen LogP contribution in [0.5, 0.6) is 0 Å². The van der Waals surface area contributed by atoms with Crippen molar-refractivity contribution >= 4 is 46.5 Å². The van der Waals surface area contributed by atoms with Crippen LogP contribution in [0.1, 0.15) is 23.2 Å². The summed E-state index contributed by atoms with van der Waals surface area (Å²) in [5.41, 5.74) is 0.522. The first-order valence-electron chi connectivity index (χ1n) is 7.55. The molecule has 136 valence electrons. The number of nitrogens with one attached hydrogen (secondary N) is 1. The Morgan fingerprint density at radius 1 is 0.962 bits per heavy atom. The first kappa shape index (κ1) is 19.9. The second kappa shape index (κ2) is 9.31. The summed E-state index contributed by atoms with van der Waals surface area (Å²) < 4.78 is 17.6. The molecule has 1 N–H and O–H groups in total. The minimum atomic E-state index is -0.708. The molecule has 2 aromatic rings. The molecule has 1 amide bonds. The zero-order chi connectivity index (χ0) is 19.1. The molecule has 2 rings (SSSR count). The van der Waals surface area contributed by atoms with E-state index in [2.05, 4.69) is 5.32 Å². The molecule has 0 radical (unpaired) electrons. The van der Waals surface area contributed by atoms with Crippen molar-refractivity contribution in [2.75, 3.05) is 11.9 Å². The van der Waals surface area contributed by atoms with Gasteiger partial charge in [0.05, 0.1) is 22.2 Å². The number of benzene rings is 2. The highest BCUT2D eigenvalue weighted by Crippen LogP contribution is 2.29. The maximum atomic E-state index is 12.8. The molecule has 0 atom stereocenters. The average Bonchev–Trinajstić information content (AvgIpc) is 2.61. The van der Waals surface area contributed by atoms with Gasteiger partial charge in [0.15, 0.2) is 12.4 Å². The molecule has 0 aliphatic heterocycles. The van der Waals surface area contributed by atoms with Gasteiger partial charge in [0, 0.05) is 12.0 Å². The lowest BCUT2D eigenvalue weighted by molar-refractivity contribution is -0.147. The molecule has 0 spiro atoms. The Balaban J connectivity index is 1.77. The van der Waals surface area contributed by atoms with Gasteiger partial charge < -0.3 is 10.1 Å². The van der Waals surface area contributed by atoms with Crippen molar-refractivity contribution < 1.29 is 23.5 Å². The van der Waals surface area contributed by atoms with E-state index in [-0.39, 0.29) is 34.4 Å². The summed E-state index contributed by atoms with van der Waals surface area (Å²) in [6.45, 7) is -0.537. The number of anilines is 1. The van der Waals surface area contributed by atoms with Crippen LogP contribution >= 0.6 is 23.2 Å². The number of Topliss-reactive ketones (excluding diaryl/α,β-unsaturated/α-hetero) is 1. The van der Waals surface area contributed by atoms with Crippen molar-refractivity contribution in [1.82, 2.24) is 0 Å². The highest BCUT2D eigenvalue weighted by Gasteiger charge is 2.14. The number of hydrogen-bond donors (Lipinski definition) is 1. The van der Waals surface area contributed by atoms with E-state index in [0.717, 1.165) is 12.1 Å². The number of esters is 1. The smallest absolute Gasteiger partial charge is 0.306 e. The molecule has 0 saturated carbocycles. The molecule has 8 heteroatoms. The number of ketones is 1. The quantitative estimate of drug-likeness (QED) is 0.558. The van der Waals surface area contributed by atoms with Crippen LogP contribution in [-0.4, -0.2) is 24.3 Å². The van der Waals surface area contributed by atoms with Crippen molar-refractivity contribution in [3.8, 4) is 0 Å². The normalized spacial score (nSPS) is 10.3. The number of hydrogen-bond acceptors (Lipinski definition) is 4. The summed E-state index contributed by atoms with van der Waals surface area (Å²) in [6.07, 6.45) is -0.307. The third-order valence-corrected chi connectivity index (χ3v) is 3.94. The second-order valence-electron chi connectivity index (χ2n) is 5.24. The number of ether oxygens (including phenoxy) is 1. The van der Waals surface area contributed by atoms with E-state index in [4.69, 9.17) is 27.9 Å². The van der Waals surface area contributed by atoms with Gasteiger partial charge in [-0.05, 0) is 36.4 Å². The van der Waals surface area contributed by atoms with Crippen LogP contribution in [0.4, 0.5) is 10.1 Å². The first-order valence-corrected chi connectivity index (χ1v) is 8.30. The third kappa shape index (κ3) is 5.82. The lowest BCUT2D eigenvalue weighted by Gasteiger charge is -2.09. The van der Waals surface area contributed by atoms with Crippen LogP contribution in [0.3, 0.4) is 0 Å². The lowest BCUT2D eigenvalue weighted by atomic mass is 10.1. The fourth-order valence-electron chi connectivity index (χ4n) is 2.01. The summed E-state index contributed by atoms with van der Waals surface area (Å²) in [4.78, 5) is 35.3. The number of halogens is 3. The van der Waals surface area contributed by atoms with Crippen molar-refractivity contribution in [2.24, 2.45) is 0 Å². The third-order valence-electron chi connectivity index (χ3n) is 3.31. The Hall–Kier alpha value is -2.44. The Kier molecular flexibility index (Phi) is 7.12. The number of carbonyl (C=O) groups is 3. The van der Waals surface area contributed by atoms with E-state index < -0.39 is 24.3 Å². The van der Waals surface area contributed by atoms with Crippen LogP contribution in [0.25, 0.3) is 0 Å². The number of rotatable bonds is 7. The van der Waals surface area contributed by atoms with E-state index in [9.17, 15) is 18.8 Å². The predicted octanol–water partition coefficient (Wildman–Crippen LogP) is 4.28. The number of amides is 1. The van der Waals surface area contributed by atoms with Gasteiger partial charge in [0.1, 0.15) is 5.82 Å². The molecule has 0 fully saturated rings. The second-order valence-corrected chi connectivity index (χ2v) is 6.05. The maximum Gasteiger partial charge on any atom is 0.306 e. The zero-order valence-corrected chi connectivity index (χ0v) is 14.9. The molecule has 0 heterocycles. The zero-order valence-electron chi connectivity index (χ0n) is 13.4. The Labute approximate surface area is 159 Å². The van der Waals surface area contributed by atoms with Crippen LogP contribution in [0.2, 0.25) is 10.0 Å². The Morgan fingerprint density at radius 3 is 2.19 bits per heavy atom. The van der Waals surface area contributed by atoms with Crippen LogP contribution in [0.15, 0.2) is 42.5 Å². The summed E-state index contributed by atoms with van der Waals surface area (Å²) in [5.74, 6) is -2.10. The SMILES string of the molecule is O=C(COC(=O)CCC(=O)c1ccc(F)cc1)Nc1c(Cl)cccc1Cl. The van der Waals surface area contributed by atoms with Crippen LogP contribution in [0, 0.1) is 5.82 Å². The fraction of sp³-hybridized carbons (Fsp3) is 0.167. The topological polar surface area (TPSA) is 72.5 Å². The predicted molar refractivity (Wildman–Crippen MR) is 96.0 cm³/mol. The van der Waals surface area contributed by atoms with Gasteiger partial charge in [-0.1, -0.05) is 29.3 Å². The standard InChI is InChI=1S/C18H14Cl2FNO4/c19-13-2-1-3-14(20)18(13)22-16(24)10-26-17(25)9-8-15(23)11-4-6-12(21)7-5-11/h1-7H,8-10H2,(H,22,24). The largest absolute Gasteiger partial charge is 0.456 e. The maximum absolute atomic E-state index is 12.8. The Bertz CT molecular complexity index is 804. The van der Waals surface area contributed by atoms with Gasteiger partial charge in [0.25, 0.3) is 5.91 Å². The molecule has 0 unspecified atom stereocenters. The molecular weight excluding hydrogens is 384 g/mol. The monoisotopic (exact) mass is 397 g/mol. The van der Waals surface area contributed by atoms with Crippen LogP contribution < -0.4 is 5.32 Å². The van der Waals surface area contributed by atoms with Crippen molar-refractivity contribution in [2.45, 2.75) is 12.8 Å². The van der Waals surface area contributed by atoms with Crippen LogP contribution in [-0.2, 0) is 14.3 Å². The van der Waals surface area contributed by atoms with Crippen molar-refractivity contribution in [3.63, 3.8) is 0 Å². The summed E-state index contributed by atoms with van der Waals surface area (Å²) in [5, 5.41) is 2.95. The highest BCUT2D eigenvalue weighted by molar-refractivity contribution is 6.39. The molecule has 26 heavy (non-hydrogen) atoms. The first-order chi connectivity index (χ1) is 12.4. The molecule has 5 nitrogen and oxygen atoms in total. The van der Waals surface area contributed by atoms with E-state index in [0.29, 0.717) is 5.56 Å². The van der Waals surface area contributed by atoms with Gasteiger partial charge in [-0.25, -0.2) is 4.39 Å². The summed E-state index contributed by atoms with van der Waals surface area (Å²) >= 11 is 11.8. The molecule has 2 aromatic carbocycles. The average molecular weight is 398 g/mol. The highest BCUT2D eigenvalue weighted by atomic mass is 35.5. The number of para-hydroxylation sites is 1. The minimum Gasteiger partial charge on any atom is -0.456 e. The molecule has 0 aliphatic carbocycles. The molecule has 0 saturated heterocycles. The van der Waals surface area contributed by atoms with Gasteiger partial charge in [-0.2, -0.15) is 0 Å². The van der Waals surface area contributed by atoms with Gasteiger partial charge in [-0.15, -0.1) is 0 Å². The molecular formula is C18H14Cl2FNO4. The van der Waals surface area contributed by atoms with Crippen molar-refractivity contribution in [1.29, 1.82) is 0 Å². The molecule has 0 bridgehead atoms. The number of carbonyl (C=O) groups excluding carboxylic acids is 3. The Morgan fingerprint density at radius 2 is 1.58 bits per heavy atom. The van der Waals surface area contributed by atoms with E-state index in [1.165, 1.54) is 12.1 Å². The van der Waals surface area contributed by atoms with Crippen molar-refractivity contribution in [3.05, 3.63) is 63.9 Å².